The maximum Gasteiger partial charge on any atom is 0.146 e. The molecule has 2 atom stereocenters. The summed E-state index contributed by atoms with van der Waals surface area (Å²) in [6, 6.07) is 15.0. The Balaban J connectivity index is 1.47. The molecule has 0 saturated carbocycles. The van der Waals surface area contributed by atoms with Gasteiger partial charge in [0.05, 0.1) is 5.69 Å². The van der Waals surface area contributed by atoms with E-state index < -0.39 is 6.10 Å². The lowest BCUT2D eigenvalue weighted by Crippen LogP contribution is -2.49. The molecule has 1 aliphatic rings. The number of benzene rings is 2. The Hall–Kier alpha value is -2.11. The lowest BCUT2D eigenvalue weighted by molar-refractivity contribution is 0.0658. The molecule has 4 nitrogen and oxygen atoms in total. The number of hydrogen-bond donors (Lipinski definition) is 1. The van der Waals surface area contributed by atoms with Crippen molar-refractivity contribution in [3.05, 3.63) is 59.9 Å². The SMILES string of the molecule is CC[C@H](C)c1ccccc1OC[C@H](O)CN1CCN(c2ccccc2F)CC1. The molecule has 1 fully saturated rings. The zero-order chi connectivity index (χ0) is 19.9. The molecule has 0 radical (unpaired) electrons. The predicted molar refractivity (Wildman–Crippen MR) is 112 cm³/mol. The van der Waals surface area contributed by atoms with Crippen molar-refractivity contribution >= 4 is 5.69 Å². The smallest absolute Gasteiger partial charge is 0.146 e. The van der Waals surface area contributed by atoms with Gasteiger partial charge in [0.25, 0.3) is 0 Å². The van der Waals surface area contributed by atoms with Crippen LogP contribution in [0.1, 0.15) is 31.7 Å². The van der Waals surface area contributed by atoms with E-state index in [0.717, 1.165) is 38.3 Å². The molecule has 1 heterocycles. The van der Waals surface area contributed by atoms with Crippen LogP contribution in [0.25, 0.3) is 0 Å². The van der Waals surface area contributed by atoms with Crippen LogP contribution < -0.4 is 9.64 Å². The molecule has 0 aliphatic carbocycles. The number of nitrogens with zero attached hydrogens (tertiary/aromatic N) is 2. The third-order valence-corrected chi connectivity index (χ3v) is 5.53. The van der Waals surface area contributed by atoms with E-state index in [4.69, 9.17) is 4.74 Å². The minimum Gasteiger partial charge on any atom is -0.491 e. The summed E-state index contributed by atoms with van der Waals surface area (Å²) in [4.78, 5) is 4.28. The molecule has 0 aromatic heterocycles. The molecule has 28 heavy (non-hydrogen) atoms. The number of aliphatic hydroxyl groups excluding tert-OH is 1. The van der Waals surface area contributed by atoms with Gasteiger partial charge in [-0.25, -0.2) is 4.39 Å². The van der Waals surface area contributed by atoms with Crippen molar-refractivity contribution in [1.29, 1.82) is 0 Å². The van der Waals surface area contributed by atoms with Crippen LogP contribution in [0.2, 0.25) is 0 Å². The second kappa shape index (κ2) is 9.89. The molecule has 3 rings (SSSR count). The number of ether oxygens (including phenoxy) is 1. The highest BCUT2D eigenvalue weighted by molar-refractivity contribution is 5.48. The number of rotatable bonds is 8. The minimum atomic E-state index is -0.551. The highest BCUT2D eigenvalue weighted by Gasteiger charge is 2.21. The number of piperazine rings is 1. The van der Waals surface area contributed by atoms with Gasteiger partial charge in [-0.2, -0.15) is 0 Å². The first-order valence-electron chi connectivity index (χ1n) is 10.2. The van der Waals surface area contributed by atoms with Crippen LogP contribution in [0, 0.1) is 5.82 Å². The molecule has 0 unspecified atom stereocenters. The molecule has 0 bridgehead atoms. The van der Waals surface area contributed by atoms with Crippen LogP contribution in [0.3, 0.4) is 0 Å². The van der Waals surface area contributed by atoms with Gasteiger partial charge in [0, 0.05) is 32.7 Å². The fraction of sp³-hybridized carbons (Fsp3) is 0.478. The first-order valence-corrected chi connectivity index (χ1v) is 10.2. The van der Waals surface area contributed by atoms with Crippen molar-refractivity contribution in [2.45, 2.75) is 32.3 Å². The third-order valence-electron chi connectivity index (χ3n) is 5.53. The fourth-order valence-corrected chi connectivity index (χ4v) is 3.66. The van der Waals surface area contributed by atoms with Gasteiger partial charge in [-0.05, 0) is 36.1 Å². The van der Waals surface area contributed by atoms with Crippen molar-refractivity contribution in [3.8, 4) is 5.75 Å². The molecular weight excluding hydrogens is 355 g/mol. The number of β-amino-alcohol motifs (C(OH)–C–C–N with tert-alkyl or cyclic N) is 1. The number of anilines is 1. The first-order chi connectivity index (χ1) is 13.6. The van der Waals surface area contributed by atoms with Crippen LogP contribution >= 0.6 is 0 Å². The number of halogens is 1. The molecule has 0 amide bonds. The third kappa shape index (κ3) is 5.24. The van der Waals surface area contributed by atoms with Crippen molar-refractivity contribution in [2.24, 2.45) is 0 Å². The van der Waals surface area contributed by atoms with Crippen molar-refractivity contribution in [1.82, 2.24) is 4.90 Å². The van der Waals surface area contributed by atoms with E-state index in [1.165, 1.54) is 11.6 Å². The van der Waals surface area contributed by atoms with Gasteiger partial charge < -0.3 is 14.7 Å². The molecule has 5 heteroatoms. The summed E-state index contributed by atoms with van der Waals surface area (Å²) in [5.41, 5.74) is 1.85. The van der Waals surface area contributed by atoms with E-state index in [0.29, 0.717) is 18.2 Å². The van der Waals surface area contributed by atoms with Crippen LogP contribution in [0.4, 0.5) is 10.1 Å². The zero-order valence-corrected chi connectivity index (χ0v) is 16.9. The minimum absolute atomic E-state index is 0.177. The Morgan fingerprint density at radius 2 is 1.71 bits per heavy atom. The van der Waals surface area contributed by atoms with Crippen LogP contribution in [-0.4, -0.2) is 55.4 Å². The number of para-hydroxylation sites is 2. The average molecular weight is 387 g/mol. The van der Waals surface area contributed by atoms with Gasteiger partial charge in [0.15, 0.2) is 0 Å². The van der Waals surface area contributed by atoms with E-state index in [2.05, 4.69) is 29.7 Å². The monoisotopic (exact) mass is 386 g/mol. The summed E-state index contributed by atoms with van der Waals surface area (Å²) in [5, 5.41) is 10.4. The van der Waals surface area contributed by atoms with E-state index >= 15 is 0 Å². The average Bonchev–Trinajstić information content (AvgIpc) is 2.73. The molecule has 2 aromatic rings. The van der Waals surface area contributed by atoms with Crippen LogP contribution in [-0.2, 0) is 0 Å². The maximum atomic E-state index is 13.9. The summed E-state index contributed by atoms with van der Waals surface area (Å²) >= 11 is 0. The molecule has 1 aliphatic heterocycles. The second-order valence-electron chi connectivity index (χ2n) is 7.55. The Labute approximate surface area is 167 Å². The van der Waals surface area contributed by atoms with E-state index in [-0.39, 0.29) is 12.4 Å². The summed E-state index contributed by atoms with van der Waals surface area (Å²) in [5.74, 6) is 1.12. The van der Waals surface area contributed by atoms with E-state index in [1.54, 1.807) is 6.07 Å². The number of hydrogen-bond acceptors (Lipinski definition) is 4. The molecule has 152 valence electrons. The molecule has 1 saturated heterocycles. The van der Waals surface area contributed by atoms with Crippen molar-refractivity contribution in [2.75, 3.05) is 44.2 Å². The van der Waals surface area contributed by atoms with E-state index in [9.17, 15) is 9.50 Å². The summed E-state index contributed by atoms with van der Waals surface area (Å²) in [7, 11) is 0. The quantitative estimate of drug-likeness (QED) is 0.746. The Kier molecular flexibility index (Phi) is 7.29. The Bertz CT molecular complexity index is 747. The van der Waals surface area contributed by atoms with Crippen molar-refractivity contribution in [3.63, 3.8) is 0 Å². The van der Waals surface area contributed by atoms with Crippen molar-refractivity contribution < 1.29 is 14.2 Å². The lowest BCUT2D eigenvalue weighted by atomic mass is 9.98. The second-order valence-corrected chi connectivity index (χ2v) is 7.55. The zero-order valence-electron chi connectivity index (χ0n) is 16.9. The first kappa shape index (κ1) is 20.6. The highest BCUT2D eigenvalue weighted by Crippen LogP contribution is 2.28. The standard InChI is InChI=1S/C23H31FN2O2/c1-3-18(2)20-8-4-7-11-23(20)28-17-19(27)16-25-12-14-26(15-13-25)22-10-6-5-9-21(22)24/h4-11,18-19,27H,3,12-17H2,1-2H3/t18-,19+/m0/s1. The molecular formula is C23H31FN2O2. The molecule has 2 aromatic carbocycles. The summed E-state index contributed by atoms with van der Waals surface area (Å²) in [6.45, 7) is 8.31. The highest BCUT2D eigenvalue weighted by atomic mass is 19.1. The lowest BCUT2D eigenvalue weighted by Gasteiger charge is -2.37. The van der Waals surface area contributed by atoms with Gasteiger partial charge in [-0.1, -0.05) is 44.2 Å². The number of aliphatic hydroxyl groups is 1. The normalized spacial score (nSPS) is 17.4. The van der Waals surface area contributed by atoms with Gasteiger partial charge in [0.1, 0.15) is 24.3 Å². The molecule has 0 spiro atoms. The van der Waals surface area contributed by atoms with Gasteiger partial charge in [-0.15, -0.1) is 0 Å². The van der Waals surface area contributed by atoms with Gasteiger partial charge in [-0.3, -0.25) is 4.90 Å². The fourth-order valence-electron chi connectivity index (χ4n) is 3.66. The largest absolute Gasteiger partial charge is 0.491 e. The summed E-state index contributed by atoms with van der Waals surface area (Å²) < 4.78 is 19.9. The molecule has 1 N–H and O–H groups in total. The van der Waals surface area contributed by atoms with Crippen LogP contribution in [0.15, 0.2) is 48.5 Å². The summed E-state index contributed by atoms with van der Waals surface area (Å²) in [6.07, 6.45) is 0.500. The van der Waals surface area contributed by atoms with Gasteiger partial charge >= 0.3 is 0 Å². The Morgan fingerprint density at radius 1 is 1.04 bits per heavy atom. The van der Waals surface area contributed by atoms with Gasteiger partial charge in [0.2, 0.25) is 0 Å². The maximum absolute atomic E-state index is 13.9. The topological polar surface area (TPSA) is 35.9 Å². The van der Waals surface area contributed by atoms with Crippen LogP contribution in [0.5, 0.6) is 5.75 Å². The Morgan fingerprint density at radius 3 is 2.43 bits per heavy atom. The predicted octanol–water partition coefficient (Wildman–Crippen LogP) is 3.90. The van der Waals surface area contributed by atoms with E-state index in [1.807, 2.05) is 30.3 Å².